The molecule has 0 bridgehead atoms. The smallest absolute Gasteiger partial charge is 0.246 e. The molecule has 1 aromatic rings. The second-order valence-electron chi connectivity index (χ2n) is 5.09. The average molecular weight is 349 g/mol. The summed E-state index contributed by atoms with van der Waals surface area (Å²) in [5, 5.41) is 0. The van der Waals surface area contributed by atoms with E-state index in [0.717, 1.165) is 4.31 Å². The molecule has 22 heavy (non-hydrogen) atoms. The minimum Gasteiger partial charge on any atom is -0.497 e. The molecule has 0 spiro atoms. The summed E-state index contributed by atoms with van der Waals surface area (Å²) in [5.74, 6) is 0.419. The van der Waals surface area contributed by atoms with E-state index in [1.807, 2.05) is 0 Å². The third kappa shape index (κ3) is 3.21. The number of ether oxygens (including phenoxy) is 2. The first kappa shape index (κ1) is 17.0. The largest absolute Gasteiger partial charge is 0.497 e. The highest BCUT2D eigenvalue weighted by molar-refractivity contribution is 7.92. The maximum atomic E-state index is 12.8. The topological polar surface area (TPSA) is 90.0 Å². The minimum atomic E-state index is -3.88. The molecule has 0 saturated carbocycles. The van der Waals surface area contributed by atoms with Gasteiger partial charge in [-0.25, -0.2) is 16.8 Å². The van der Waals surface area contributed by atoms with E-state index < -0.39 is 25.9 Å². The second kappa shape index (κ2) is 6.05. The average Bonchev–Trinajstić information content (AvgIpc) is 2.85. The molecule has 1 heterocycles. The van der Waals surface area contributed by atoms with Crippen molar-refractivity contribution in [3.8, 4) is 11.5 Å². The van der Waals surface area contributed by atoms with Gasteiger partial charge in [0.05, 0.1) is 25.7 Å². The molecule has 1 aromatic carbocycles. The Kier molecular flexibility index (Phi) is 4.69. The summed E-state index contributed by atoms with van der Waals surface area (Å²) in [7, 11) is -2.86. The summed E-state index contributed by atoms with van der Waals surface area (Å²) >= 11 is 0. The summed E-state index contributed by atoms with van der Waals surface area (Å²) in [4.78, 5) is -0.0406. The third-order valence-electron chi connectivity index (χ3n) is 3.75. The van der Waals surface area contributed by atoms with Crippen LogP contribution in [-0.2, 0) is 19.9 Å². The molecular formula is C13H19NO6S2. The first-order valence-corrected chi connectivity index (χ1v) is 9.88. The van der Waals surface area contributed by atoms with Crippen LogP contribution >= 0.6 is 0 Å². The maximum absolute atomic E-state index is 12.8. The summed E-state index contributed by atoms with van der Waals surface area (Å²) in [6.45, 7) is 0. The molecule has 1 fully saturated rings. The zero-order chi connectivity index (χ0) is 16.5. The van der Waals surface area contributed by atoms with Crippen LogP contribution in [0.4, 0.5) is 0 Å². The maximum Gasteiger partial charge on any atom is 0.246 e. The molecule has 0 amide bonds. The number of sulfonamides is 1. The first-order chi connectivity index (χ1) is 10.2. The van der Waals surface area contributed by atoms with Gasteiger partial charge in [0.25, 0.3) is 0 Å². The molecule has 0 aliphatic carbocycles. The monoisotopic (exact) mass is 349 g/mol. The highest BCUT2D eigenvalue weighted by atomic mass is 32.2. The number of nitrogens with zero attached hydrogens (tertiary/aromatic N) is 1. The van der Waals surface area contributed by atoms with Gasteiger partial charge in [0.2, 0.25) is 10.0 Å². The number of methoxy groups -OCH3 is 2. The summed E-state index contributed by atoms with van der Waals surface area (Å²) < 4.78 is 59.9. The van der Waals surface area contributed by atoms with E-state index in [1.165, 1.54) is 33.4 Å². The van der Waals surface area contributed by atoms with Crippen LogP contribution in [0.1, 0.15) is 6.42 Å². The van der Waals surface area contributed by atoms with Crippen LogP contribution < -0.4 is 9.47 Å². The zero-order valence-electron chi connectivity index (χ0n) is 12.6. The van der Waals surface area contributed by atoms with Gasteiger partial charge < -0.3 is 9.47 Å². The fraction of sp³-hybridized carbons (Fsp3) is 0.538. The molecule has 1 atom stereocenters. The van der Waals surface area contributed by atoms with E-state index in [1.54, 1.807) is 6.07 Å². The molecule has 0 N–H and O–H groups in total. The molecule has 2 rings (SSSR count). The summed E-state index contributed by atoms with van der Waals surface area (Å²) in [6, 6.07) is 3.91. The van der Waals surface area contributed by atoms with Crippen molar-refractivity contribution in [2.75, 3.05) is 32.8 Å². The van der Waals surface area contributed by atoms with Gasteiger partial charge in [0, 0.05) is 19.2 Å². The Bertz CT molecular complexity index is 757. The third-order valence-corrected chi connectivity index (χ3v) is 7.43. The lowest BCUT2D eigenvalue weighted by Crippen LogP contribution is -2.37. The van der Waals surface area contributed by atoms with Gasteiger partial charge >= 0.3 is 0 Å². The highest BCUT2D eigenvalue weighted by Gasteiger charge is 2.37. The number of hydrogen-bond donors (Lipinski definition) is 0. The molecule has 0 aromatic heterocycles. The number of hydrogen-bond acceptors (Lipinski definition) is 6. The van der Waals surface area contributed by atoms with Crippen molar-refractivity contribution in [3.05, 3.63) is 18.2 Å². The number of benzene rings is 1. The van der Waals surface area contributed by atoms with E-state index in [4.69, 9.17) is 9.47 Å². The normalized spacial score (nSPS) is 21.0. The van der Waals surface area contributed by atoms with E-state index >= 15 is 0 Å². The number of sulfone groups is 1. The fourth-order valence-electron chi connectivity index (χ4n) is 2.40. The Morgan fingerprint density at radius 1 is 1.23 bits per heavy atom. The van der Waals surface area contributed by atoms with Crippen molar-refractivity contribution in [2.45, 2.75) is 17.4 Å². The second-order valence-corrected chi connectivity index (χ2v) is 9.29. The lowest BCUT2D eigenvalue weighted by molar-refractivity contribution is 0.375. The molecule has 1 saturated heterocycles. The van der Waals surface area contributed by atoms with E-state index in [2.05, 4.69) is 0 Å². The standard InChI is InChI=1S/C13H19NO6S2/c1-14(10-6-7-21(15,16)9-10)22(17,18)13-8-11(19-2)4-5-12(13)20-3/h4-5,8,10H,6-7,9H2,1-3H3/t10-/m1/s1. The fourth-order valence-corrected chi connectivity index (χ4v) is 5.82. The molecule has 124 valence electrons. The van der Waals surface area contributed by atoms with Gasteiger partial charge in [0.1, 0.15) is 16.4 Å². The Morgan fingerprint density at radius 2 is 1.91 bits per heavy atom. The molecule has 9 heteroatoms. The Labute approximate surface area is 130 Å². The highest BCUT2D eigenvalue weighted by Crippen LogP contribution is 2.32. The zero-order valence-corrected chi connectivity index (χ0v) is 14.3. The van der Waals surface area contributed by atoms with Gasteiger partial charge in [-0.3, -0.25) is 0 Å². The van der Waals surface area contributed by atoms with Gasteiger partial charge in [-0.2, -0.15) is 4.31 Å². The first-order valence-electron chi connectivity index (χ1n) is 6.62. The molecule has 1 aliphatic heterocycles. The van der Waals surface area contributed by atoms with Crippen molar-refractivity contribution in [3.63, 3.8) is 0 Å². The van der Waals surface area contributed by atoms with Gasteiger partial charge in [-0.15, -0.1) is 0 Å². The van der Waals surface area contributed by atoms with Crippen molar-refractivity contribution >= 4 is 19.9 Å². The van der Waals surface area contributed by atoms with Crippen LogP contribution in [0.3, 0.4) is 0 Å². The van der Waals surface area contributed by atoms with E-state index in [0.29, 0.717) is 12.2 Å². The Morgan fingerprint density at radius 3 is 2.41 bits per heavy atom. The van der Waals surface area contributed by atoms with Crippen LogP contribution in [0.15, 0.2) is 23.1 Å². The Hall–Kier alpha value is -1.32. The van der Waals surface area contributed by atoms with Crippen LogP contribution in [0.25, 0.3) is 0 Å². The van der Waals surface area contributed by atoms with Crippen molar-refractivity contribution < 1.29 is 26.3 Å². The van der Waals surface area contributed by atoms with Crippen LogP contribution in [0.2, 0.25) is 0 Å². The van der Waals surface area contributed by atoms with Crippen molar-refractivity contribution in [2.24, 2.45) is 0 Å². The van der Waals surface area contributed by atoms with Gasteiger partial charge in [0.15, 0.2) is 9.84 Å². The SMILES string of the molecule is COc1ccc(OC)c(S(=O)(=O)N(C)[C@@H]2CCS(=O)(=O)C2)c1. The Balaban J connectivity index is 2.42. The van der Waals surface area contributed by atoms with Gasteiger partial charge in [-0.1, -0.05) is 0 Å². The quantitative estimate of drug-likeness (QED) is 0.769. The molecular weight excluding hydrogens is 330 g/mol. The molecule has 0 unspecified atom stereocenters. The number of rotatable bonds is 5. The van der Waals surface area contributed by atoms with Crippen LogP contribution in [0.5, 0.6) is 11.5 Å². The van der Waals surface area contributed by atoms with Crippen LogP contribution in [-0.4, -0.2) is 60.0 Å². The summed E-state index contributed by atoms with van der Waals surface area (Å²) in [5.41, 5.74) is 0. The van der Waals surface area contributed by atoms with Crippen molar-refractivity contribution in [1.29, 1.82) is 0 Å². The predicted molar refractivity (Wildman–Crippen MR) is 81.6 cm³/mol. The van der Waals surface area contributed by atoms with Crippen LogP contribution in [0, 0.1) is 0 Å². The molecule has 7 nitrogen and oxygen atoms in total. The lowest BCUT2D eigenvalue weighted by atomic mass is 10.3. The molecule has 0 radical (unpaired) electrons. The minimum absolute atomic E-state index is 0.00672. The summed E-state index contributed by atoms with van der Waals surface area (Å²) in [6.07, 6.45) is 0.296. The predicted octanol–water partition coefficient (Wildman–Crippen LogP) is 0.511. The van der Waals surface area contributed by atoms with E-state index in [9.17, 15) is 16.8 Å². The van der Waals surface area contributed by atoms with Crippen molar-refractivity contribution in [1.82, 2.24) is 4.31 Å². The van der Waals surface area contributed by atoms with E-state index in [-0.39, 0.29) is 22.2 Å². The van der Waals surface area contributed by atoms with Gasteiger partial charge in [-0.05, 0) is 18.6 Å². The lowest BCUT2D eigenvalue weighted by Gasteiger charge is -2.24. The molecule has 1 aliphatic rings.